The van der Waals surface area contributed by atoms with Crippen molar-refractivity contribution in [3.63, 3.8) is 0 Å². The Morgan fingerprint density at radius 2 is 0.894 bits per heavy atom. The number of carboxylic acid groups (broad SMARTS) is 1. The fourth-order valence-electron chi connectivity index (χ4n) is 7.75. The fraction of sp³-hybridized carbons (Fsp3) is 0.353. The molecule has 0 atom stereocenters. The molecule has 0 aliphatic heterocycles. The minimum atomic E-state index is -0.986. The van der Waals surface area contributed by atoms with Crippen molar-refractivity contribution < 1.29 is 49.6 Å². The summed E-state index contributed by atoms with van der Waals surface area (Å²) in [6, 6.07) is 11.2. The number of nitrogens with one attached hydrogen (secondary N) is 1. The van der Waals surface area contributed by atoms with E-state index in [4.69, 9.17) is 45.0 Å². The minimum Gasteiger partial charge on any atom is -0.478 e. The summed E-state index contributed by atoms with van der Waals surface area (Å²) >= 11 is 4.59. The number of halogens is 1. The van der Waals surface area contributed by atoms with Gasteiger partial charge in [-0.05, 0) is 122 Å². The Kier molecular flexibility index (Phi) is 29.0. The first kappa shape index (κ1) is 69.6. The predicted molar refractivity (Wildman–Crippen MR) is 326 cm³/mol. The van der Waals surface area contributed by atoms with Crippen LogP contribution in [0.25, 0.3) is 68.0 Å². The number of aromatic nitrogens is 15. The summed E-state index contributed by atoms with van der Waals surface area (Å²) in [7, 11) is 5.66. The number of hydroxylamine groups is 1. The number of carboxylic acids is 1. The zero-order chi connectivity index (χ0) is 62.8. The number of aromatic carboxylic acids is 1. The number of thioether (sulfide) groups is 2. The van der Waals surface area contributed by atoms with Gasteiger partial charge in [-0.15, -0.1) is 15.3 Å². The molecule has 9 heterocycles. The molecule has 9 rings (SSSR count). The van der Waals surface area contributed by atoms with Gasteiger partial charge < -0.3 is 23.6 Å². The number of hydrogen-bond acceptors (Lipinski definition) is 25. The maximum Gasteiger partial charge on any atom is 0.337 e. The van der Waals surface area contributed by atoms with Crippen molar-refractivity contribution in [2.75, 3.05) is 37.2 Å². The Labute approximate surface area is 514 Å². The van der Waals surface area contributed by atoms with Crippen molar-refractivity contribution in [3.05, 3.63) is 105 Å². The molecule has 0 saturated carbocycles. The molecule has 0 fully saturated rings. The first-order valence-corrected chi connectivity index (χ1v) is 30.7. The number of carbonyl (C=O) groups is 2. The lowest BCUT2D eigenvalue weighted by Crippen LogP contribution is -2.25. The largest absolute Gasteiger partial charge is 0.478 e. The van der Waals surface area contributed by atoms with E-state index in [2.05, 4.69) is 95.1 Å². The van der Waals surface area contributed by atoms with Crippen molar-refractivity contribution in [2.24, 2.45) is 26.3 Å². The first-order valence-electron chi connectivity index (χ1n) is 25.1. The second-order valence-corrected chi connectivity index (χ2v) is 20.4. The molecule has 0 radical (unpaired) electrons. The van der Waals surface area contributed by atoms with E-state index in [1.54, 1.807) is 35.8 Å². The highest BCUT2D eigenvalue weighted by Crippen LogP contribution is 2.28. The van der Waals surface area contributed by atoms with Crippen LogP contribution in [0.5, 0.6) is 0 Å². The van der Waals surface area contributed by atoms with Gasteiger partial charge in [0, 0.05) is 56.8 Å². The quantitative estimate of drug-likeness (QED) is 0.0596. The van der Waals surface area contributed by atoms with Crippen LogP contribution < -0.4 is 5.48 Å². The van der Waals surface area contributed by atoms with Gasteiger partial charge in [0.1, 0.15) is 40.2 Å². The summed E-state index contributed by atoms with van der Waals surface area (Å²) in [6.07, 6.45) is 10.9. The number of hydrogen-bond donors (Lipinski definition) is 2. The van der Waals surface area contributed by atoms with Crippen LogP contribution in [0.15, 0.2) is 60.1 Å². The van der Waals surface area contributed by atoms with E-state index in [0.29, 0.717) is 64.9 Å². The highest BCUT2D eigenvalue weighted by molar-refractivity contribution is 9.18. The highest BCUT2D eigenvalue weighted by Gasteiger charge is 2.21. The molecule has 85 heavy (non-hydrogen) atoms. The molecule has 9 aromatic rings. The molecular formula is C51H58BrN17O11S5. The minimum absolute atomic E-state index is 0.176. The zero-order valence-corrected chi connectivity index (χ0v) is 53.4. The van der Waals surface area contributed by atoms with Gasteiger partial charge in [-0.3, -0.25) is 24.6 Å². The molecule has 450 valence electrons. The summed E-state index contributed by atoms with van der Waals surface area (Å²) < 4.78 is 56.0. The van der Waals surface area contributed by atoms with Crippen LogP contribution in [-0.4, -0.2) is 158 Å². The summed E-state index contributed by atoms with van der Waals surface area (Å²) in [5.41, 5.74) is 15.9. The Morgan fingerprint density at radius 3 is 1.26 bits per heavy atom. The number of oxime groups is 1. The maximum absolute atomic E-state index is 12.2. The predicted octanol–water partition coefficient (Wildman–Crippen LogP) is 6.04. The maximum atomic E-state index is 12.2. The molecule has 0 aliphatic carbocycles. The van der Waals surface area contributed by atoms with Crippen molar-refractivity contribution in [3.8, 4) is 34.6 Å². The topological polar surface area (TPSA) is 369 Å². The van der Waals surface area contributed by atoms with Gasteiger partial charge in [0.05, 0.1) is 34.8 Å². The average Bonchev–Trinajstić information content (AvgIpc) is 2.14. The SMILES string of the molecule is CCc1cc(/C(Br)=N/OCCSC)cnc1-c1nc2cc(C)nnc2n1C.CCc1cc(C(=O)NOCCSC)cnc1-c1nc2cc(C)nnc2n1C.CCc1cc(C(=O)O)cnc1-c1nc2cc(C)nnc2n1C.O=S=O.O=S=O.O=S=O. The zero-order valence-electron chi connectivity index (χ0n) is 47.8. The third kappa shape index (κ3) is 19.1. The Hall–Kier alpha value is -7.89. The summed E-state index contributed by atoms with van der Waals surface area (Å²) in [5.74, 6) is 2.55. The van der Waals surface area contributed by atoms with E-state index in [1.807, 2.05) is 106 Å². The van der Waals surface area contributed by atoms with Gasteiger partial charge in [0.15, 0.2) is 39.0 Å². The van der Waals surface area contributed by atoms with Gasteiger partial charge in [-0.2, -0.15) is 64.1 Å². The number of carbonyl (C=O) groups excluding carboxylic acids is 1. The third-order valence-electron chi connectivity index (χ3n) is 11.7. The molecular weight excluding hydrogens is 1270 g/mol. The summed E-state index contributed by atoms with van der Waals surface area (Å²) in [6.45, 7) is 12.7. The first-order chi connectivity index (χ1) is 40.8. The van der Waals surface area contributed by atoms with E-state index in [9.17, 15) is 9.59 Å². The Bertz CT molecular complexity index is 3900. The molecule has 0 saturated heterocycles. The van der Waals surface area contributed by atoms with E-state index >= 15 is 0 Å². The third-order valence-corrected chi connectivity index (χ3v) is 13.5. The monoisotopic (exact) mass is 1320 g/mol. The van der Waals surface area contributed by atoms with Gasteiger partial charge in [0.25, 0.3) is 5.91 Å². The molecule has 2 N–H and O–H groups in total. The van der Waals surface area contributed by atoms with Gasteiger partial charge in [0.2, 0.25) is 0 Å². The van der Waals surface area contributed by atoms with Crippen LogP contribution in [0.3, 0.4) is 0 Å². The average molecular weight is 1330 g/mol. The van der Waals surface area contributed by atoms with Crippen molar-refractivity contribution in [2.45, 2.75) is 60.8 Å². The van der Waals surface area contributed by atoms with Gasteiger partial charge >= 0.3 is 40.7 Å². The van der Waals surface area contributed by atoms with E-state index in [1.165, 1.54) is 12.4 Å². The number of nitrogens with zero attached hydrogens (tertiary/aromatic N) is 16. The number of fused-ring (bicyclic) bond motifs is 3. The Morgan fingerprint density at radius 1 is 0.553 bits per heavy atom. The second kappa shape index (κ2) is 35.4. The van der Waals surface area contributed by atoms with E-state index < -0.39 is 40.7 Å². The Balaban J connectivity index is 0.000000256. The number of aryl methyl sites for hydroxylation is 9. The molecule has 9 aromatic heterocycles. The number of pyridine rings is 3. The van der Waals surface area contributed by atoms with E-state index in [-0.39, 0.29) is 11.5 Å². The van der Waals surface area contributed by atoms with Crippen LogP contribution >= 0.6 is 39.5 Å². The fourth-order valence-corrected chi connectivity index (χ4v) is 8.56. The molecule has 0 unspecified atom stereocenters. The lowest BCUT2D eigenvalue weighted by Gasteiger charge is -2.10. The molecule has 0 bridgehead atoms. The number of amides is 1. The normalized spacial score (nSPS) is 10.6. The molecule has 0 spiro atoms. The smallest absolute Gasteiger partial charge is 0.337 e. The molecule has 34 heteroatoms. The lowest BCUT2D eigenvalue weighted by atomic mass is 10.1. The second-order valence-electron chi connectivity index (χ2n) is 17.3. The van der Waals surface area contributed by atoms with Crippen LogP contribution in [0.2, 0.25) is 0 Å². The molecule has 0 aromatic carbocycles. The number of rotatable bonds is 17. The van der Waals surface area contributed by atoms with Gasteiger partial charge in [-0.1, -0.05) is 25.9 Å². The number of imidazole rings is 3. The molecule has 0 aliphatic rings. The van der Waals surface area contributed by atoms with Crippen LogP contribution in [0, 0.1) is 20.8 Å². The van der Waals surface area contributed by atoms with Crippen molar-refractivity contribution in [1.82, 2.24) is 79.7 Å². The highest BCUT2D eigenvalue weighted by atomic mass is 79.9. The van der Waals surface area contributed by atoms with Crippen LogP contribution in [0.4, 0.5) is 0 Å². The van der Waals surface area contributed by atoms with Crippen LogP contribution in [-0.2, 0) is 84.8 Å². The standard InChI is InChI=1S/C18H21BrN6OS.C18H22N6O2S.C15H15N5O2.3O2S/c1-5-12-9-13(16(19)24-26-6-7-27-4)10-20-15(12)18-21-14-8-11(2)22-23-17(14)25(18)3;1-5-12-9-13(18(25)23-26-6-7-27-4)10-19-15(12)17-20-14-8-11(2)21-22-16(14)24(17)3;1-4-9-6-10(15(21)22)7-16-12(9)14-17-11-5-8(2)18-19-13(11)20(14)3;3*1-3-2/h8-10H,5-7H2,1-4H3;8-10H,5-7H2,1-4H3,(H,23,25);5-7H,4H2,1-3H3,(H,21,22);;;/b24-16-;;;;;. The molecule has 1 amide bonds. The van der Waals surface area contributed by atoms with Crippen LogP contribution in [0.1, 0.15) is 80.8 Å². The van der Waals surface area contributed by atoms with Crippen molar-refractivity contribution >= 4 is 124 Å². The van der Waals surface area contributed by atoms with E-state index in [0.717, 1.165) is 96.7 Å². The lowest BCUT2D eigenvalue weighted by molar-refractivity contribution is 0.0374. The summed E-state index contributed by atoms with van der Waals surface area (Å²) in [5, 5.41) is 38.1. The molecule has 28 nitrogen and oxygen atoms in total. The van der Waals surface area contributed by atoms with Gasteiger partial charge in [-0.25, -0.2) is 25.2 Å². The summed E-state index contributed by atoms with van der Waals surface area (Å²) in [4.78, 5) is 61.3. The van der Waals surface area contributed by atoms with Crippen molar-refractivity contribution in [1.29, 1.82) is 0 Å².